The Labute approximate surface area is 97.7 Å². The molecule has 3 N–H and O–H groups in total. The SMILES string of the molecule is CC(C)(CC(=O)O)NC(=O)c1c[nH]ccc1=O. The van der Waals surface area contributed by atoms with E-state index in [1.807, 2.05) is 0 Å². The lowest BCUT2D eigenvalue weighted by Gasteiger charge is -2.23. The Kier molecular flexibility index (Phi) is 3.67. The molecular formula is C11H14N2O4. The molecule has 0 atom stereocenters. The van der Waals surface area contributed by atoms with Gasteiger partial charge in [0.05, 0.1) is 6.42 Å². The molecule has 0 saturated heterocycles. The summed E-state index contributed by atoms with van der Waals surface area (Å²) in [7, 11) is 0. The standard InChI is InChI=1S/C11H14N2O4/c1-11(2,5-9(15)16)13-10(17)7-6-12-4-3-8(7)14/h3-4,6H,5H2,1-2H3,(H,12,14)(H,13,17)(H,15,16). The second-order valence-electron chi connectivity index (χ2n) is 4.33. The lowest BCUT2D eigenvalue weighted by Crippen LogP contribution is -2.46. The van der Waals surface area contributed by atoms with Crippen LogP contribution in [0.15, 0.2) is 23.3 Å². The van der Waals surface area contributed by atoms with Gasteiger partial charge in [-0.1, -0.05) is 0 Å². The Balaban J connectivity index is 2.83. The summed E-state index contributed by atoms with van der Waals surface area (Å²) in [6.07, 6.45) is 2.49. The molecule has 1 aromatic rings. The van der Waals surface area contributed by atoms with E-state index in [2.05, 4.69) is 10.3 Å². The van der Waals surface area contributed by atoms with Crippen molar-refractivity contribution in [3.63, 3.8) is 0 Å². The molecule has 17 heavy (non-hydrogen) atoms. The highest BCUT2D eigenvalue weighted by Gasteiger charge is 2.25. The lowest BCUT2D eigenvalue weighted by atomic mass is 10.0. The quantitative estimate of drug-likeness (QED) is 0.705. The molecule has 6 nitrogen and oxygen atoms in total. The highest BCUT2D eigenvalue weighted by atomic mass is 16.4. The molecule has 0 fully saturated rings. The van der Waals surface area contributed by atoms with Crippen molar-refractivity contribution in [1.82, 2.24) is 10.3 Å². The van der Waals surface area contributed by atoms with Crippen molar-refractivity contribution < 1.29 is 14.7 Å². The Bertz CT molecular complexity index is 490. The number of hydrogen-bond donors (Lipinski definition) is 3. The smallest absolute Gasteiger partial charge is 0.305 e. The van der Waals surface area contributed by atoms with E-state index in [9.17, 15) is 14.4 Å². The van der Waals surface area contributed by atoms with Crippen molar-refractivity contribution in [2.75, 3.05) is 0 Å². The molecular weight excluding hydrogens is 224 g/mol. The predicted octanol–water partition coefficient (Wildman–Crippen LogP) is 0.358. The van der Waals surface area contributed by atoms with Crippen LogP contribution < -0.4 is 10.7 Å². The van der Waals surface area contributed by atoms with E-state index in [0.717, 1.165) is 0 Å². The van der Waals surface area contributed by atoms with E-state index < -0.39 is 22.8 Å². The number of carbonyl (C=O) groups is 2. The minimum absolute atomic E-state index is 0.0361. The Morgan fingerprint density at radius 3 is 2.65 bits per heavy atom. The van der Waals surface area contributed by atoms with Crippen LogP contribution in [0, 0.1) is 0 Å². The zero-order valence-electron chi connectivity index (χ0n) is 9.61. The van der Waals surface area contributed by atoms with Gasteiger partial charge in [0.2, 0.25) is 0 Å². The van der Waals surface area contributed by atoms with Crippen LogP contribution in [0.25, 0.3) is 0 Å². The summed E-state index contributed by atoms with van der Waals surface area (Å²) in [5.74, 6) is -1.60. The number of H-pyrrole nitrogens is 1. The number of aromatic amines is 1. The first-order valence-electron chi connectivity index (χ1n) is 5.03. The molecule has 1 aromatic heterocycles. The van der Waals surface area contributed by atoms with Crippen LogP contribution in [0.4, 0.5) is 0 Å². The lowest BCUT2D eigenvalue weighted by molar-refractivity contribution is -0.138. The van der Waals surface area contributed by atoms with E-state index in [1.54, 1.807) is 13.8 Å². The molecule has 0 radical (unpaired) electrons. The van der Waals surface area contributed by atoms with Gasteiger partial charge in [0.25, 0.3) is 5.91 Å². The molecule has 0 aromatic carbocycles. The molecule has 1 rings (SSSR count). The van der Waals surface area contributed by atoms with Crippen molar-refractivity contribution in [2.24, 2.45) is 0 Å². The monoisotopic (exact) mass is 238 g/mol. The first-order valence-corrected chi connectivity index (χ1v) is 5.03. The number of carbonyl (C=O) groups excluding carboxylic acids is 1. The van der Waals surface area contributed by atoms with Gasteiger partial charge >= 0.3 is 5.97 Å². The third kappa shape index (κ3) is 3.75. The molecule has 0 spiro atoms. The normalized spacial score (nSPS) is 10.9. The highest BCUT2D eigenvalue weighted by Crippen LogP contribution is 2.08. The average Bonchev–Trinajstić information content (AvgIpc) is 2.14. The maximum atomic E-state index is 11.7. The number of aliphatic carboxylic acids is 1. The van der Waals surface area contributed by atoms with Crippen LogP contribution in [0.3, 0.4) is 0 Å². The van der Waals surface area contributed by atoms with Gasteiger partial charge in [-0.25, -0.2) is 0 Å². The number of rotatable bonds is 4. The van der Waals surface area contributed by atoms with Crippen LogP contribution in [-0.2, 0) is 4.79 Å². The summed E-state index contributed by atoms with van der Waals surface area (Å²) >= 11 is 0. The number of nitrogens with one attached hydrogen (secondary N) is 2. The summed E-state index contributed by atoms with van der Waals surface area (Å²) in [6.45, 7) is 3.16. The van der Waals surface area contributed by atoms with Crippen LogP contribution in [0.1, 0.15) is 30.6 Å². The number of carboxylic acids is 1. The number of pyridine rings is 1. The third-order valence-corrected chi connectivity index (χ3v) is 2.11. The molecule has 1 heterocycles. The van der Waals surface area contributed by atoms with Gasteiger partial charge in [-0.3, -0.25) is 14.4 Å². The van der Waals surface area contributed by atoms with Gasteiger partial charge in [-0.05, 0) is 13.8 Å². The summed E-state index contributed by atoms with van der Waals surface area (Å²) in [5, 5.41) is 11.2. The number of amides is 1. The Hall–Kier alpha value is -2.11. The fourth-order valence-corrected chi connectivity index (χ4v) is 1.39. The average molecular weight is 238 g/mol. The predicted molar refractivity (Wildman–Crippen MR) is 60.9 cm³/mol. The van der Waals surface area contributed by atoms with E-state index in [1.165, 1.54) is 18.5 Å². The molecule has 0 aliphatic rings. The molecule has 0 aliphatic heterocycles. The molecule has 0 unspecified atom stereocenters. The fourth-order valence-electron chi connectivity index (χ4n) is 1.39. The minimum Gasteiger partial charge on any atom is -0.481 e. The third-order valence-electron chi connectivity index (χ3n) is 2.11. The van der Waals surface area contributed by atoms with Crippen molar-refractivity contribution in [3.8, 4) is 0 Å². The van der Waals surface area contributed by atoms with Gasteiger partial charge in [0.1, 0.15) is 5.56 Å². The number of hydrogen-bond acceptors (Lipinski definition) is 3. The summed E-state index contributed by atoms with van der Waals surface area (Å²) in [5.41, 5.74) is -1.36. The summed E-state index contributed by atoms with van der Waals surface area (Å²) in [6, 6.07) is 1.24. The van der Waals surface area contributed by atoms with E-state index in [-0.39, 0.29) is 12.0 Å². The number of carboxylic acid groups (broad SMARTS) is 1. The van der Waals surface area contributed by atoms with Gasteiger partial charge in [-0.15, -0.1) is 0 Å². The summed E-state index contributed by atoms with van der Waals surface area (Å²) in [4.78, 5) is 36.3. The van der Waals surface area contributed by atoms with E-state index >= 15 is 0 Å². The second kappa shape index (κ2) is 4.82. The minimum atomic E-state index is -1.02. The Morgan fingerprint density at radius 2 is 2.12 bits per heavy atom. The molecule has 1 amide bonds. The van der Waals surface area contributed by atoms with Gasteiger partial charge in [0.15, 0.2) is 5.43 Å². The van der Waals surface area contributed by atoms with Crippen LogP contribution in [0.2, 0.25) is 0 Å². The van der Waals surface area contributed by atoms with Gasteiger partial charge < -0.3 is 15.4 Å². The van der Waals surface area contributed by atoms with Crippen molar-refractivity contribution in [3.05, 3.63) is 34.2 Å². The number of aromatic nitrogens is 1. The summed E-state index contributed by atoms with van der Waals surface area (Å²) < 4.78 is 0. The molecule has 6 heteroatoms. The van der Waals surface area contributed by atoms with Crippen molar-refractivity contribution in [1.29, 1.82) is 0 Å². The largest absolute Gasteiger partial charge is 0.481 e. The maximum absolute atomic E-state index is 11.7. The molecule has 0 saturated carbocycles. The molecule has 92 valence electrons. The maximum Gasteiger partial charge on any atom is 0.305 e. The zero-order valence-corrected chi connectivity index (χ0v) is 9.61. The van der Waals surface area contributed by atoms with Crippen LogP contribution in [0.5, 0.6) is 0 Å². The molecule has 0 bridgehead atoms. The second-order valence-corrected chi connectivity index (χ2v) is 4.33. The van der Waals surface area contributed by atoms with Crippen LogP contribution >= 0.6 is 0 Å². The first kappa shape index (κ1) is 13.0. The highest BCUT2D eigenvalue weighted by molar-refractivity contribution is 5.94. The van der Waals surface area contributed by atoms with Crippen molar-refractivity contribution in [2.45, 2.75) is 25.8 Å². The van der Waals surface area contributed by atoms with Crippen molar-refractivity contribution >= 4 is 11.9 Å². The first-order chi connectivity index (χ1) is 7.82. The zero-order chi connectivity index (χ0) is 13.1. The fraction of sp³-hybridized carbons (Fsp3) is 0.364. The molecule has 0 aliphatic carbocycles. The van der Waals surface area contributed by atoms with Gasteiger partial charge in [-0.2, -0.15) is 0 Å². The van der Waals surface area contributed by atoms with E-state index in [0.29, 0.717) is 0 Å². The van der Waals surface area contributed by atoms with E-state index in [4.69, 9.17) is 5.11 Å². The van der Waals surface area contributed by atoms with Crippen LogP contribution in [-0.4, -0.2) is 27.5 Å². The Morgan fingerprint density at radius 1 is 1.47 bits per heavy atom. The topological polar surface area (TPSA) is 99.3 Å². The van der Waals surface area contributed by atoms with Gasteiger partial charge in [0, 0.05) is 24.0 Å².